The molecule has 106 valence electrons. The summed E-state index contributed by atoms with van der Waals surface area (Å²) in [5, 5.41) is 15.5. The molecule has 0 atom stereocenters. The number of aryl methyl sites for hydroxylation is 1. The molecule has 1 aromatic heterocycles. The van der Waals surface area contributed by atoms with E-state index in [-0.39, 0.29) is 0 Å². The average molecular weight is 292 g/mol. The van der Waals surface area contributed by atoms with Crippen molar-refractivity contribution >= 4 is 23.6 Å². The van der Waals surface area contributed by atoms with Crippen molar-refractivity contribution in [3.8, 4) is 0 Å². The molecule has 0 spiro atoms. The maximum atomic E-state index is 5.84. The Morgan fingerprint density at radius 2 is 2.10 bits per heavy atom. The van der Waals surface area contributed by atoms with Gasteiger partial charge in [-0.1, -0.05) is 54.3 Å². The Bertz CT molecular complexity index is 547. The molecule has 0 amide bonds. The third-order valence-corrected chi connectivity index (χ3v) is 3.07. The second-order valence-electron chi connectivity index (χ2n) is 4.41. The van der Waals surface area contributed by atoms with Crippen LogP contribution in [0.5, 0.6) is 0 Å². The van der Waals surface area contributed by atoms with Crippen molar-refractivity contribution in [2.45, 2.75) is 26.3 Å². The van der Waals surface area contributed by atoms with E-state index in [4.69, 9.17) is 11.6 Å². The Labute approximate surface area is 123 Å². The molecular weight excluding hydrogens is 274 g/mol. The zero-order valence-electron chi connectivity index (χ0n) is 11.5. The Morgan fingerprint density at radius 3 is 2.85 bits per heavy atom. The van der Waals surface area contributed by atoms with E-state index in [2.05, 4.69) is 27.8 Å². The van der Waals surface area contributed by atoms with Crippen LogP contribution in [-0.4, -0.2) is 26.8 Å². The van der Waals surface area contributed by atoms with Crippen LogP contribution in [0.15, 0.2) is 30.3 Å². The van der Waals surface area contributed by atoms with Gasteiger partial charge in [0.2, 0.25) is 5.95 Å². The average Bonchev–Trinajstić information content (AvgIpc) is 2.91. The maximum Gasteiger partial charge on any atom is 0.243 e. The van der Waals surface area contributed by atoms with Gasteiger partial charge in [0.15, 0.2) is 0 Å². The van der Waals surface area contributed by atoms with E-state index in [1.54, 1.807) is 4.68 Å². The second kappa shape index (κ2) is 7.65. The van der Waals surface area contributed by atoms with Crippen LogP contribution >= 0.6 is 11.6 Å². The molecule has 0 aliphatic heterocycles. The Hall–Kier alpha value is -1.88. The number of halogens is 1. The molecular formula is C14H18ClN5. The van der Waals surface area contributed by atoms with E-state index in [0.717, 1.165) is 30.0 Å². The van der Waals surface area contributed by atoms with Crippen LogP contribution in [0, 0.1) is 0 Å². The molecule has 20 heavy (non-hydrogen) atoms. The number of rotatable bonds is 7. The highest BCUT2D eigenvalue weighted by atomic mass is 35.5. The van der Waals surface area contributed by atoms with E-state index < -0.39 is 0 Å². The molecule has 1 heterocycles. The van der Waals surface area contributed by atoms with Crippen LogP contribution in [0.1, 0.15) is 25.3 Å². The summed E-state index contributed by atoms with van der Waals surface area (Å²) in [5.41, 5.74) is 1.11. The lowest BCUT2D eigenvalue weighted by Crippen LogP contribution is -2.09. The minimum Gasteiger partial charge on any atom is -0.350 e. The number of benzene rings is 1. The monoisotopic (exact) mass is 291 g/mol. The molecule has 1 aromatic carbocycles. The summed E-state index contributed by atoms with van der Waals surface area (Å²) >= 11 is 5.84. The highest BCUT2D eigenvalue weighted by Gasteiger charge is 2.02. The predicted octanol–water partition coefficient (Wildman–Crippen LogP) is 3.25. The number of hydrogen-bond acceptors (Lipinski definition) is 4. The predicted molar refractivity (Wildman–Crippen MR) is 81.7 cm³/mol. The first kappa shape index (κ1) is 14.5. The molecule has 0 radical (unpaired) electrons. The van der Waals surface area contributed by atoms with E-state index >= 15 is 0 Å². The number of tetrazole rings is 1. The summed E-state index contributed by atoms with van der Waals surface area (Å²) in [5.74, 6) is 0.708. The summed E-state index contributed by atoms with van der Waals surface area (Å²) in [7, 11) is 0. The normalized spacial score (nSPS) is 11.1. The van der Waals surface area contributed by atoms with Gasteiger partial charge < -0.3 is 5.32 Å². The van der Waals surface area contributed by atoms with E-state index in [9.17, 15) is 0 Å². The first-order valence-corrected chi connectivity index (χ1v) is 7.09. The van der Waals surface area contributed by atoms with Gasteiger partial charge in [-0.05, 0) is 34.5 Å². The third-order valence-electron chi connectivity index (χ3n) is 2.81. The molecule has 6 heteroatoms. The van der Waals surface area contributed by atoms with Gasteiger partial charge in [-0.2, -0.15) is 0 Å². The smallest absolute Gasteiger partial charge is 0.243 e. The molecule has 2 rings (SSSR count). The van der Waals surface area contributed by atoms with Crippen LogP contribution in [0.25, 0.3) is 6.08 Å². The van der Waals surface area contributed by atoms with E-state index in [0.29, 0.717) is 12.5 Å². The van der Waals surface area contributed by atoms with Crippen molar-refractivity contribution in [2.24, 2.45) is 0 Å². The fourth-order valence-electron chi connectivity index (χ4n) is 1.71. The van der Waals surface area contributed by atoms with Gasteiger partial charge in [-0.3, -0.25) is 0 Å². The van der Waals surface area contributed by atoms with Crippen LogP contribution in [0.4, 0.5) is 5.95 Å². The maximum absolute atomic E-state index is 5.84. The first-order valence-electron chi connectivity index (χ1n) is 6.71. The molecule has 0 aliphatic rings. The topological polar surface area (TPSA) is 55.6 Å². The lowest BCUT2D eigenvalue weighted by Gasteiger charge is -2.03. The Balaban J connectivity index is 1.83. The van der Waals surface area contributed by atoms with Gasteiger partial charge in [0.05, 0.1) is 0 Å². The van der Waals surface area contributed by atoms with Gasteiger partial charge in [0.1, 0.15) is 0 Å². The zero-order valence-corrected chi connectivity index (χ0v) is 12.2. The lowest BCUT2D eigenvalue weighted by atomic mass is 10.2. The molecule has 2 aromatic rings. The van der Waals surface area contributed by atoms with Crippen LogP contribution in [0.2, 0.25) is 5.02 Å². The first-order chi connectivity index (χ1) is 9.79. The quantitative estimate of drug-likeness (QED) is 0.851. The zero-order chi connectivity index (χ0) is 14.2. The summed E-state index contributed by atoms with van der Waals surface area (Å²) in [4.78, 5) is 0. The van der Waals surface area contributed by atoms with Crippen molar-refractivity contribution in [1.82, 2.24) is 20.2 Å². The van der Waals surface area contributed by atoms with Gasteiger partial charge in [0, 0.05) is 18.1 Å². The SMILES string of the molecule is CCCCn1nnnc1NC/C=C/c1ccc(Cl)cc1. The Morgan fingerprint density at radius 1 is 1.30 bits per heavy atom. The number of anilines is 1. The molecule has 0 saturated carbocycles. The molecule has 0 bridgehead atoms. The standard InChI is InChI=1S/C14H18ClN5/c1-2-3-11-20-14(17-18-19-20)16-10-4-5-12-6-8-13(15)9-7-12/h4-9H,2-3,10-11H2,1H3,(H,16,17,19)/b5-4+. The molecule has 0 saturated heterocycles. The van der Waals surface area contributed by atoms with Gasteiger partial charge in [-0.25, -0.2) is 4.68 Å². The van der Waals surface area contributed by atoms with E-state index in [1.807, 2.05) is 36.4 Å². The van der Waals surface area contributed by atoms with E-state index in [1.165, 1.54) is 0 Å². The van der Waals surface area contributed by atoms with Gasteiger partial charge in [0.25, 0.3) is 0 Å². The number of nitrogens with one attached hydrogen (secondary N) is 1. The molecule has 1 N–H and O–H groups in total. The Kier molecular flexibility index (Phi) is 5.55. The molecule has 5 nitrogen and oxygen atoms in total. The van der Waals surface area contributed by atoms with Crippen molar-refractivity contribution in [3.63, 3.8) is 0 Å². The second-order valence-corrected chi connectivity index (χ2v) is 4.85. The fraction of sp³-hybridized carbons (Fsp3) is 0.357. The lowest BCUT2D eigenvalue weighted by molar-refractivity contribution is 0.557. The number of aromatic nitrogens is 4. The molecule has 0 unspecified atom stereocenters. The van der Waals surface area contributed by atoms with Gasteiger partial charge in [-0.15, -0.1) is 0 Å². The summed E-state index contributed by atoms with van der Waals surface area (Å²) in [6, 6.07) is 7.70. The summed E-state index contributed by atoms with van der Waals surface area (Å²) < 4.78 is 1.79. The van der Waals surface area contributed by atoms with Crippen LogP contribution < -0.4 is 5.32 Å². The fourth-order valence-corrected chi connectivity index (χ4v) is 1.83. The van der Waals surface area contributed by atoms with Crippen molar-refractivity contribution in [1.29, 1.82) is 0 Å². The van der Waals surface area contributed by atoms with Crippen molar-refractivity contribution in [3.05, 3.63) is 40.9 Å². The number of nitrogens with zero attached hydrogens (tertiary/aromatic N) is 4. The van der Waals surface area contributed by atoms with Crippen LogP contribution in [0.3, 0.4) is 0 Å². The third kappa shape index (κ3) is 4.35. The number of unbranched alkanes of at least 4 members (excludes halogenated alkanes) is 1. The van der Waals surface area contributed by atoms with Crippen molar-refractivity contribution < 1.29 is 0 Å². The van der Waals surface area contributed by atoms with Crippen molar-refractivity contribution in [2.75, 3.05) is 11.9 Å². The molecule has 0 aliphatic carbocycles. The summed E-state index contributed by atoms with van der Waals surface area (Å²) in [6.07, 6.45) is 6.25. The minimum atomic E-state index is 0.676. The largest absolute Gasteiger partial charge is 0.350 e. The minimum absolute atomic E-state index is 0.676. The highest BCUT2D eigenvalue weighted by molar-refractivity contribution is 6.30. The van der Waals surface area contributed by atoms with Crippen LogP contribution in [-0.2, 0) is 6.54 Å². The highest BCUT2D eigenvalue weighted by Crippen LogP contribution is 2.10. The van der Waals surface area contributed by atoms with Gasteiger partial charge >= 0.3 is 0 Å². The summed E-state index contributed by atoms with van der Waals surface area (Å²) in [6.45, 7) is 3.66. The number of hydrogen-bond donors (Lipinski definition) is 1. The molecule has 0 fully saturated rings.